The van der Waals surface area contributed by atoms with Crippen LogP contribution in [0.1, 0.15) is 31.6 Å². The van der Waals surface area contributed by atoms with E-state index in [-0.39, 0.29) is 0 Å². The minimum absolute atomic E-state index is 0.395. The largest absolute Gasteiger partial charge is 0.375 e. The summed E-state index contributed by atoms with van der Waals surface area (Å²) in [6, 6.07) is 2.54. The van der Waals surface area contributed by atoms with Crippen molar-refractivity contribution in [2.45, 2.75) is 44.4 Å². The maximum Gasteiger partial charge on any atom is 0.241 e. The van der Waals surface area contributed by atoms with Crippen LogP contribution in [-0.4, -0.2) is 40.3 Å². The number of aromatic nitrogens is 2. The molecule has 2 aromatic heterocycles. The average molecular weight is 305 g/mol. The van der Waals surface area contributed by atoms with Crippen LogP contribution < -0.4 is 0 Å². The molecule has 0 bridgehead atoms. The van der Waals surface area contributed by atoms with Gasteiger partial charge in [-0.15, -0.1) is 0 Å². The van der Waals surface area contributed by atoms with E-state index in [1.165, 1.54) is 25.7 Å². The first kappa shape index (κ1) is 13.4. The van der Waals surface area contributed by atoms with E-state index in [4.69, 9.17) is 9.26 Å². The SMILES string of the molecule is c1cc(-c2noc(CN3CCO[C@H]4CCCC[C@@H]43)n2)cs1. The maximum atomic E-state index is 5.91. The fourth-order valence-electron chi connectivity index (χ4n) is 3.37. The van der Waals surface area contributed by atoms with Gasteiger partial charge in [-0.3, -0.25) is 4.90 Å². The normalized spacial score (nSPS) is 26.7. The Labute approximate surface area is 127 Å². The predicted octanol–water partition coefficient (Wildman–Crippen LogP) is 2.94. The smallest absolute Gasteiger partial charge is 0.241 e. The van der Waals surface area contributed by atoms with E-state index in [1.807, 2.05) is 16.8 Å². The van der Waals surface area contributed by atoms with Crippen LogP contribution in [0, 0.1) is 0 Å². The van der Waals surface area contributed by atoms with Gasteiger partial charge in [0.25, 0.3) is 0 Å². The standard InChI is InChI=1S/C15H19N3O2S/c1-2-4-13-12(3-1)18(6-7-19-13)9-14-16-15(17-20-14)11-5-8-21-10-11/h5,8,10,12-13H,1-4,6-7,9H2/t12-,13-/m0/s1. The van der Waals surface area contributed by atoms with E-state index in [9.17, 15) is 0 Å². The highest BCUT2D eigenvalue weighted by atomic mass is 32.1. The van der Waals surface area contributed by atoms with E-state index in [0.29, 0.717) is 23.9 Å². The Kier molecular flexibility index (Phi) is 3.75. The minimum atomic E-state index is 0.395. The summed E-state index contributed by atoms with van der Waals surface area (Å²) < 4.78 is 11.3. The van der Waals surface area contributed by atoms with E-state index in [2.05, 4.69) is 15.0 Å². The van der Waals surface area contributed by atoms with Crippen molar-refractivity contribution in [3.8, 4) is 11.4 Å². The molecule has 0 unspecified atom stereocenters. The van der Waals surface area contributed by atoms with Crippen LogP contribution in [-0.2, 0) is 11.3 Å². The first-order valence-electron chi connectivity index (χ1n) is 7.61. The number of ether oxygens (including phenoxy) is 1. The van der Waals surface area contributed by atoms with Crippen molar-refractivity contribution < 1.29 is 9.26 Å². The third-order valence-electron chi connectivity index (χ3n) is 4.43. The molecule has 0 amide bonds. The highest BCUT2D eigenvalue weighted by Crippen LogP contribution is 2.29. The Morgan fingerprint density at radius 1 is 1.33 bits per heavy atom. The number of nitrogens with zero attached hydrogens (tertiary/aromatic N) is 3. The van der Waals surface area contributed by atoms with Crippen LogP contribution >= 0.6 is 11.3 Å². The molecule has 0 N–H and O–H groups in total. The molecule has 2 atom stereocenters. The number of fused-ring (bicyclic) bond motifs is 1. The Hall–Kier alpha value is -1.24. The van der Waals surface area contributed by atoms with Gasteiger partial charge in [0.15, 0.2) is 0 Å². The Morgan fingerprint density at radius 3 is 3.19 bits per heavy atom. The molecular weight excluding hydrogens is 286 g/mol. The van der Waals surface area contributed by atoms with Gasteiger partial charge >= 0.3 is 0 Å². The Balaban J connectivity index is 1.47. The molecule has 2 aliphatic rings. The zero-order chi connectivity index (χ0) is 14.1. The molecule has 112 valence electrons. The van der Waals surface area contributed by atoms with Crippen LogP contribution in [0.5, 0.6) is 0 Å². The summed E-state index contributed by atoms with van der Waals surface area (Å²) in [6.45, 7) is 2.51. The Bertz CT molecular complexity index is 582. The van der Waals surface area contributed by atoms with Crippen molar-refractivity contribution in [1.82, 2.24) is 15.0 Å². The number of rotatable bonds is 3. The van der Waals surface area contributed by atoms with Crippen molar-refractivity contribution in [3.63, 3.8) is 0 Å². The van der Waals surface area contributed by atoms with Crippen molar-refractivity contribution in [2.24, 2.45) is 0 Å². The molecule has 1 saturated heterocycles. The molecule has 5 nitrogen and oxygen atoms in total. The number of morpholine rings is 1. The molecular formula is C15H19N3O2S. The topological polar surface area (TPSA) is 51.4 Å². The molecule has 0 radical (unpaired) electrons. The van der Waals surface area contributed by atoms with Crippen LogP contribution in [0.3, 0.4) is 0 Å². The van der Waals surface area contributed by atoms with Gasteiger partial charge < -0.3 is 9.26 Å². The average Bonchev–Trinajstić information content (AvgIpc) is 3.18. The van der Waals surface area contributed by atoms with E-state index < -0.39 is 0 Å². The van der Waals surface area contributed by atoms with E-state index in [1.54, 1.807) is 11.3 Å². The molecule has 21 heavy (non-hydrogen) atoms. The quantitative estimate of drug-likeness (QED) is 0.872. The predicted molar refractivity (Wildman–Crippen MR) is 80.0 cm³/mol. The Morgan fingerprint density at radius 2 is 2.29 bits per heavy atom. The van der Waals surface area contributed by atoms with Crippen molar-refractivity contribution in [2.75, 3.05) is 13.2 Å². The molecule has 0 spiro atoms. The lowest BCUT2D eigenvalue weighted by molar-refractivity contribution is -0.0933. The molecule has 1 aliphatic heterocycles. The number of hydrogen-bond donors (Lipinski definition) is 0. The van der Waals surface area contributed by atoms with Gasteiger partial charge in [-0.2, -0.15) is 16.3 Å². The molecule has 1 saturated carbocycles. The van der Waals surface area contributed by atoms with Gasteiger partial charge in [-0.05, 0) is 24.3 Å². The number of hydrogen-bond acceptors (Lipinski definition) is 6. The summed E-state index contributed by atoms with van der Waals surface area (Å²) in [7, 11) is 0. The van der Waals surface area contributed by atoms with Crippen LogP contribution in [0.2, 0.25) is 0 Å². The highest BCUT2D eigenvalue weighted by molar-refractivity contribution is 7.08. The summed E-state index contributed by atoms with van der Waals surface area (Å²) in [5.74, 6) is 1.40. The molecule has 2 aromatic rings. The summed E-state index contributed by atoms with van der Waals surface area (Å²) in [6.07, 6.45) is 5.39. The van der Waals surface area contributed by atoms with Crippen molar-refractivity contribution in [1.29, 1.82) is 0 Å². The molecule has 3 heterocycles. The summed E-state index contributed by atoms with van der Waals surface area (Å²) >= 11 is 1.65. The van der Waals surface area contributed by atoms with Gasteiger partial charge in [-0.1, -0.05) is 18.0 Å². The fourth-order valence-corrected chi connectivity index (χ4v) is 4.01. The van der Waals surface area contributed by atoms with Crippen LogP contribution in [0.25, 0.3) is 11.4 Å². The van der Waals surface area contributed by atoms with Crippen molar-refractivity contribution >= 4 is 11.3 Å². The zero-order valence-corrected chi connectivity index (χ0v) is 12.7. The first-order chi connectivity index (χ1) is 10.4. The van der Waals surface area contributed by atoms with Crippen LogP contribution in [0.15, 0.2) is 21.3 Å². The lowest BCUT2D eigenvalue weighted by Crippen LogP contribution is -2.52. The monoisotopic (exact) mass is 305 g/mol. The maximum absolute atomic E-state index is 5.91. The first-order valence-corrected chi connectivity index (χ1v) is 8.55. The van der Waals surface area contributed by atoms with E-state index >= 15 is 0 Å². The van der Waals surface area contributed by atoms with Gasteiger partial charge in [0.2, 0.25) is 11.7 Å². The minimum Gasteiger partial charge on any atom is -0.375 e. The van der Waals surface area contributed by atoms with Gasteiger partial charge in [0.05, 0.1) is 19.3 Å². The van der Waals surface area contributed by atoms with Gasteiger partial charge in [0, 0.05) is 23.5 Å². The third-order valence-corrected chi connectivity index (χ3v) is 5.12. The second-order valence-corrected chi connectivity index (χ2v) is 6.54. The fraction of sp³-hybridized carbons (Fsp3) is 0.600. The zero-order valence-electron chi connectivity index (χ0n) is 11.9. The molecule has 0 aromatic carbocycles. The number of thiophene rings is 1. The lowest BCUT2D eigenvalue weighted by atomic mass is 9.90. The molecule has 1 aliphatic carbocycles. The molecule has 2 fully saturated rings. The highest BCUT2D eigenvalue weighted by Gasteiger charge is 2.34. The summed E-state index contributed by atoms with van der Waals surface area (Å²) in [5.41, 5.74) is 1.03. The summed E-state index contributed by atoms with van der Waals surface area (Å²) in [5, 5.41) is 8.16. The summed E-state index contributed by atoms with van der Waals surface area (Å²) in [4.78, 5) is 6.99. The van der Waals surface area contributed by atoms with E-state index in [0.717, 1.165) is 25.3 Å². The third kappa shape index (κ3) is 2.75. The second-order valence-electron chi connectivity index (χ2n) is 5.76. The van der Waals surface area contributed by atoms with Gasteiger partial charge in [-0.25, -0.2) is 0 Å². The lowest BCUT2D eigenvalue weighted by Gasteiger charge is -2.43. The van der Waals surface area contributed by atoms with Crippen LogP contribution in [0.4, 0.5) is 0 Å². The van der Waals surface area contributed by atoms with Crippen molar-refractivity contribution in [3.05, 3.63) is 22.7 Å². The molecule has 4 rings (SSSR count). The van der Waals surface area contributed by atoms with Gasteiger partial charge in [0.1, 0.15) is 0 Å². The second kappa shape index (κ2) is 5.87. The molecule has 6 heteroatoms.